The molecule has 0 saturated heterocycles. The number of carbonyl (C=O) groups is 3. The van der Waals surface area contributed by atoms with Crippen molar-refractivity contribution in [1.82, 2.24) is 5.32 Å². The van der Waals surface area contributed by atoms with E-state index in [1.807, 2.05) is 48.5 Å². The Balaban J connectivity index is 1.67. The van der Waals surface area contributed by atoms with Gasteiger partial charge in [-0.25, -0.2) is 9.59 Å². The summed E-state index contributed by atoms with van der Waals surface area (Å²) in [5.74, 6) is -3.48. The van der Waals surface area contributed by atoms with Gasteiger partial charge in [0, 0.05) is 5.92 Å². The maximum absolute atomic E-state index is 12.1. The highest BCUT2D eigenvalue weighted by molar-refractivity contribution is 5.81. The molecular weight excluding hydrogens is 362 g/mol. The second kappa shape index (κ2) is 8.12. The van der Waals surface area contributed by atoms with Gasteiger partial charge in [0.2, 0.25) is 0 Å². The smallest absolute Gasteiger partial charge is 0.407 e. The van der Waals surface area contributed by atoms with Crippen molar-refractivity contribution in [2.24, 2.45) is 5.92 Å². The van der Waals surface area contributed by atoms with E-state index in [4.69, 9.17) is 9.84 Å². The number of fused-ring (bicyclic) bond motifs is 3. The van der Waals surface area contributed by atoms with Gasteiger partial charge in [-0.2, -0.15) is 0 Å². The minimum Gasteiger partial charge on any atom is -0.481 e. The number of carbonyl (C=O) groups excluding carboxylic acids is 1. The van der Waals surface area contributed by atoms with Crippen LogP contribution in [0, 0.1) is 5.92 Å². The molecule has 146 valence electrons. The van der Waals surface area contributed by atoms with E-state index in [-0.39, 0.29) is 18.9 Å². The number of amides is 1. The van der Waals surface area contributed by atoms with Crippen LogP contribution in [0.15, 0.2) is 48.5 Å². The molecular formula is C21H21NO6. The number of ether oxygens (including phenoxy) is 1. The topological polar surface area (TPSA) is 113 Å². The number of carboxylic acid groups (broad SMARTS) is 2. The Morgan fingerprint density at radius 3 is 2.00 bits per heavy atom. The van der Waals surface area contributed by atoms with Crippen LogP contribution >= 0.6 is 0 Å². The van der Waals surface area contributed by atoms with Crippen molar-refractivity contribution in [3.05, 3.63) is 59.7 Å². The molecule has 0 saturated carbocycles. The first kappa shape index (κ1) is 19.4. The zero-order valence-corrected chi connectivity index (χ0v) is 15.3. The Bertz CT molecular complexity index is 864. The largest absolute Gasteiger partial charge is 0.481 e. The summed E-state index contributed by atoms with van der Waals surface area (Å²) >= 11 is 0. The summed E-state index contributed by atoms with van der Waals surface area (Å²) in [4.78, 5) is 34.4. The van der Waals surface area contributed by atoms with Gasteiger partial charge in [-0.1, -0.05) is 55.5 Å². The molecule has 2 atom stereocenters. The molecule has 0 heterocycles. The number of hydrogen-bond acceptors (Lipinski definition) is 4. The molecule has 2 aromatic carbocycles. The fourth-order valence-electron chi connectivity index (χ4n) is 3.46. The Hall–Kier alpha value is -3.35. The van der Waals surface area contributed by atoms with Crippen LogP contribution in [-0.2, 0) is 14.3 Å². The van der Waals surface area contributed by atoms with Crippen LogP contribution in [0.2, 0.25) is 0 Å². The molecule has 0 fully saturated rings. The lowest BCUT2D eigenvalue weighted by Crippen LogP contribution is -2.43. The van der Waals surface area contributed by atoms with Crippen molar-refractivity contribution in [3.8, 4) is 11.1 Å². The zero-order chi connectivity index (χ0) is 20.3. The highest BCUT2D eigenvalue weighted by Gasteiger charge is 2.30. The van der Waals surface area contributed by atoms with Gasteiger partial charge in [-0.15, -0.1) is 0 Å². The molecule has 1 aliphatic rings. The molecule has 2 aromatic rings. The van der Waals surface area contributed by atoms with Crippen molar-refractivity contribution in [2.45, 2.75) is 25.3 Å². The van der Waals surface area contributed by atoms with Gasteiger partial charge in [0.15, 0.2) is 0 Å². The van der Waals surface area contributed by atoms with Crippen molar-refractivity contribution < 1.29 is 29.3 Å². The molecule has 28 heavy (non-hydrogen) atoms. The van der Waals surface area contributed by atoms with Gasteiger partial charge in [0.1, 0.15) is 12.6 Å². The summed E-state index contributed by atoms with van der Waals surface area (Å²) in [5, 5.41) is 20.4. The average molecular weight is 383 g/mol. The molecule has 0 aliphatic heterocycles. The molecule has 1 amide bonds. The van der Waals surface area contributed by atoms with Crippen LogP contribution < -0.4 is 5.32 Å². The monoisotopic (exact) mass is 383 g/mol. The first-order valence-electron chi connectivity index (χ1n) is 8.95. The highest BCUT2D eigenvalue weighted by atomic mass is 16.5. The molecule has 0 spiro atoms. The van der Waals surface area contributed by atoms with Crippen molar-refractivity contribution in [2.75, 3.05) is 6.61 Å². The third-order valence-electron chi connectivity index (χ3n) is 4.94. The number of hydrogen-bond donors (Lipinski definition) is 3. The van der Waals surface area contributed by atoms with E-state index < -0.39 is 30.0 Å². The Morgan fingerprint density at radius 1 is 0.964 bits per heavy atom. The first-order valence-corrected chi connectivity index (χ1v) is 8.95. The molecule has 0 unspecified atom stereocenters. The predicted octanol–water partition coefficient (Wildman–Crippen LogP) is 3.09. The number of nitrogens with one attached hydrogen (secondary N) is 1. The van der Waals surface area contributed by atoms with Gasteiger partial charge in [-0.05, 0) is 28.7 Å². The van der Waals surface area contributed by atoms with Crippen LogP contribution in [0.1, 0.15) is 30.4 Å². The van der Waals surface area contributed by atoms with Crippen molar-refractivity contribution in [1.29, 1.82) is 0 Å². The van der Waals surface area contributed by atoms with Crippen LogP contribution in [-0.4, -0.2) is 40.9 Å². The van der Waals surface area contributed by atoms with Crippen LogP contribution in [0.4, 0.5) is 4.79 Å². The quantitative estimate of drug-likeness (QED) is 0.677. The fourth-order valence-corrected chi connectivity index (χ4v) is 3.46. The number of benzene rings is 2. The van der Waals surface area contributed by atoms with Crippen LogP contribution in [0.5, 0.6) is 0 Å². The number of aliphatic carboxylic acids is 2. The lowest BCUT2D eigenvalue weighted by molar-refractivity contribution is -0.143. The van der Waals surface area contributed by atoms with Gasteiger partial charge >= 0.3 is 18.0 Å². The summed E-state index contributed by atoms with van der Waals surface area (Å²) in [7, 11) is 0. The van der Waals surface area contributed by atoms with E-state index in [0.717, 1.165) is 22.3 Å². The third kappa shape index (κ3) is 3.98. The summed E-state index contributed by atoms with van der Waals surface area (Å²) in [6.45, 7) is 1.44. The second-order valence-corrected chi connectivity index (χ2v) is 6.84. The van der Waals surface area contributed by atoms with Gasteiger partial charge < -0.3 is 20.3 Å². The Labute approximate surface area is 162 Å². The van der Waals surface area contributed by atoms with E-state index in [0.29, 0.717) is 0 Å². The highest BCUT2D eigenvalue weighted by Crippen LogP contribution is 2.44. The molecule has 0 aromatic heterocycles. The summed E-state index contributed by atoms with van der Waals surface area (Å²) in [5.41, 5.74) is 4.27. The van der Waals surface area contributed by atoms with E-state index in [1.54, 1.807) is 0 Å². The fraction of sp³-hybridized carbons (Fsp3) is 0.286. The second-order valence-electron chi connectivity index (χ2n) is 6.84. The van der Waals surface area contributed by atoms with Gasteiger partial charge in [-0.3, -0.25) is 4.79 Å². The van der Waals surface area contributed by atoms with E-state index in [1.165, 1.54) is 6.92 Å². The van der Waals surface area contributed by atoms with E-state index >= 15 is 0 Å². The number of alkyl carbamates (subject to hydrolysis) is 1. The first-order chi connectivity index (χ1) is 13.4. The lowest BCUT2D eigenvalue weighted by Gasteiger charge is -2.18. The summed E-state index contributed by atoms with van der Waals surface area (Å²) < 4.78 is 5.30. The van der Waals surface area contributed by atoms with E-state index in [2.05, 4.69) is 5.32 Å². The number of rotatable bonds is 7. The molecule has 1 aliphatic carbocycles. The third-order valence-corrected chi connectivity index (χ3v) is 4.94. The molecule has 3 rings (SSSR count). The Kier molecular flexibility index (Phi) is 5.63. The number of carboxylic acids is 2. The van der Waals surface area contributed by atoms with Crippen molar-refractivity contribution in [3.63, 3.8) is 0 Å². The minimum atomic E-state index is -1.33. The molecule has 0 bridgehead atoms. The molecule has 3 N–H and O–H groups in total. The van der Waals surface area contributed by atoms with Crippen molar-refractivity contribution >= 4 is 18.0 Å². The van der Waals surface area contributed by atoms with Gasteiger partial charge in [0.05, 0.1) is 5.92 Å². The molecule has 0 radical (unpaired) electrons. The van der Waals surface area contributed by atoms with Gasteiger partial charge in [0.25, 0.3) is 0 Å². The van der Waals surface area contributed by atoms with Crippen LogP contribution in [0.25, 0.3) is 11.1 Å². The summed E-state index contributed by atoms with van der Waals surface area (Å²) in [6, 6.07) is 14.4. The maximum Gasteiger partial charge on any atom is 0.407 e. The SMILES string of the molecule is C[C@@H](C[C@@H](NC(=O)OCC1c2ccccc2-c2ccccc21)C(=O)O)C(=O)O. The normalized spacial score (nSPS) is 14.5. The lowest BCUT2D eigenvalue weighted by atomic mass is 9.98. The average Bonchev–Trinajstić information content (AvgIpc) is 2.99. The minimum absolute atomic E-state index is 0.0562. The predicted molar refractivity (Wildman–Crippen MR) is 101 cm³/mol. The van der Waals surface area contributed by atoms with Crippen LogP contribution in [0.3, 0.4) is 0 Å². The molecule has 7 heteroatoms. The zero-order valence-electron chi connectivity index (χ0n) is 15.3. The standard InChI is InChI=1S/C21H21NO6/c1-12(19(23)24)10-18(20(25)26)22-21(27)28-11-17-15-8-4-2-6-13(15)14-7-3-5-9-16(14)17/h2-9,12,17-18H,10-11H2,1H3,(H,22,27)(H,23,24)(H,25,26)/t12-,18+/m0/s1. The maximum atomic E-state index is 12.1. The summed E-state index contributed by atoms with van der Waals surface area (Å²) in [6.07, 6.45) is -1.11. The van der Waals surface area contributed by atoms with E-state index in [9.17, 15) is 19.5 Å². The molecule has 7 nitrogen and oxygen atoms in total. The Morgan fingerprint density at radius 2 is 1.50 bits per heavy atom.